The van der Waals surface area contributed by atoms with Crippen molar-refractivity contribution in [3.63, 3.8) is 0 Å². The second-order valence-corrected chi connectivity index (χ2v) is 12.5. The number of hydrogen-bond donors (Lipinski definition) is 0. The van der Waals surface area contributed by atoms with Crippen molar-refractivity contribution in [2.24, 2.45) is 10.8 Å². The molecule has 0 saturated carbocycles. The molecule has 10 heteroatoms. The predicted molar refractivity (Wildman–Crippen MR) is 96.8 cm³/mol. The zero-order chi connectivity index (χ0) is 17.5. The van der Waals surface area contributed by atoms with Crippen LogP contribution in [0.3, 0.4) is 0 Å². The Morgan fingerprint density at radius 1 is 0.870 bits per heavy atom. The molecule has 0 N–H and O–H groups in total. The van der Waals surface area contributed by atoms with Crippen LogP contribution in [0.4, 0.5) is 0 Å². The Kier molecular flexibility index (Phi) is 6.92. The number of halogens is 3. The average Bonchev–Trinajstić information content (AvgIpc) is 2.42. The summed E-state index contributed by atoms with van der Waals surface area (Å²) in [6.07, 6.45) is 0. The van der Waals surface area contributed by atoms with E-state index in [0.29, 0.717) is 26.4 Å². The van der Waals surface area contributed by atoms with Gasteiger partial charge in [0.1, 0.15) is 9.83 Å². The van der Waals surface area contributed by atoms with Crippen molar-refractivity contribution in [2.45, 2.75) is 44.5 Å². The lowest BCUT2D eigenvalue weighted by atomic mass is 9.97. The minimum absolute atomic E-state index is 0.0436. The fraction of sp³-hybridized carbons (Fsp3) is 1.00. The van der Waals surface area contributed by atoms with Crippen molar-refractivity contribution in [3.8, 4) is 0 Å². The maximum Gasteiger partial charge on any atom is 0.267 e. The maximum atomic E-state index is 6.62. The Bertz CT molecular complexity index is 378. The van der Waals surface area contributed by atoms with Crippen molar-refractivity contribution in [2.75, 3.05) is 26.4 Å². The van der Waals surface area contributed by atoms with E-state index in [1.165, 1.54) is 0 Å². The van der Waals surface area contributed by atoms with E-state index in [-0.39, 0.29) is 10.8 Å². The zero-order valence-electron chi connectivity index (χ0n) is 14.0. The molecule has 0 aliphatic carbocycles. The van der Waals surface area contributed by atoms with Gasteiger partial charge in [-0.25, -0.2) is 0 Å². The van der Waals surface area contributed by atoms with Gasteiger partial charge in [-0.2, -0.15) is 0 Å². The molecule has 0 amide bonds. The van der Waals surface area contributed by atoms with Crippen LogP contribution in [-0.2, 0) is 18.1 Å². The van der Waals surface area contributed by atoms with Crippen molar-refractivity contribution in [3.05, 3.63) is 0 Å². The van der Waals surface area contributed by atoms with Crippen LogP contribution in [-0.4, -0.2) is 40.7 Å². The average molecular weight is 427 g/mol. The van der Waals surface area contributed by atoms with Gasteiger partial charge in [0.25, 0.3) is 17.1 Å². The van der Waals surface area contributed by atoms with E-state index < -0.39 is 26.9 Å². The van der Waals surface area contributed by atoms with Gasteiger partial charge in [-0.1, -0.05) is 39.3 Å². The summed E-state index contributed by atoms with van der Waals surface area (Å²) >= 11 is 18.8. The summed E-state index contributed by atoms with van der Waals surface area (Å²) in [6.45, 7) is 12.3. The van der Waals surface area contributed by atoms with Gasteiger partial charge in [-0.3, -0.25) is 0 Å². The summed E-state index contributed by atoms with van der Waals surface area (Å²) in [5.74, 6) is 0. The highest BCUT2D eigenvalue weighted by Gasteiger charge is 2.51. The molecule has 5 nitrogen and oxygen atoms in total. The molecule has 2 fully saturated rings. The van der Waals surface area contributed by atoms with Gasteiger partial charge in [-0.15, -0.1) is 27.6 Å². The minimum Gasteiger partial charge on any atom is -0.321 e. The summed E-state index contributed by atoms with van der Waals surface area (Å²) in [7, 11) is -2.91. The Morgan fingerprint density at radius 3 is 1.43 bits per heavy atom. The van der Waals surface area contributed by atoms with Crippen molar-refractivity contribution in [1.82, 2.24) is 4.44 Å². The molecule has 2 aliphatic heterocycles. The van der Waals surface area contributed by atoms with Gasteiger partial charge in [0.15, 0.2) is 0 Å². The zero-order valence-corrected chi connectivity index (χ0v) is 18.1. The van der Waals surface area contributed by atoms with E-state index in [9.17, 15) is 0 Å². The second-order valence-electron chi connectivity index (χ2n) is 7.51. The molecular weight excluding hydrogens is 402 g/mol. The van der Waals surface area contributed by atoms with Crippen LogP contribution < -0.4 is 0 Å². The Balaban J connectivity index is 2.16. The van der Waals surface area contributed by atoms with Gasteiger partial charge in [0, 0.05) is 10.8 Å². The number of alkyl halides is 3. The van der Waals surface area contributed by atoms with E-state index in [2.05, 4.69) is 27.7 Å². The molecule has 0 radical (unpaired) electrons. The quantitative estimate of drug-likeness (QED) is 0.330. The molecule has 1 atom stereocenters. The highest BCUT2D eigenvalue weighted by atomic mass is 35.5. The first-order chi connectivity index (χ1) is 10.4. The molecule has 0 aromatic rings. The summed E-state index contributed by atoms with van der Waals surface area (Å²) in [4.78, 5) is -1.98. The fourth-order valence-corrected chi connectivity index (χ4v) is 6.99. The molecule has 0 aromatic heterocycles. The van der Waals surface area contributed by atoms with Gasteiger partial charge in [0.2, 0.25) is 0 Å². The monoisotopic (exact) mass is 425 g/mol. The molecule has 1 unspecified atom stereocenters. The molecular formula is C13H24Cl3NO4P2. The summed E-state index contributed by atoms with van der Waals surface area (Å²) in [5.41, 5.74) is -0.0871. The van der Waals surface area contributed by atoms with Crippen LogP contribution in [0, 0.1) is 10.8 Å². The van der Waals surface area contributed by atoms with E-state index >= 15 is 0 Å². The standard InChI is InChI=1S/C13H24Cl3NO4P2/c1-11(2)6-18-22(19-7-11)17(13(5,16)10(14)15)23-20-8-12(3,4)9-21-23/h10H,6-9H2,1-5H3. The Hall–Kier alpha value is 1.53. The second kappa shape index (κ2) is 7.64. The molecule has 23 heavy (non-hydrogen) atoms. The lowest BCUT2D eigenvalue weighted by Crippen LogP contribution is -2.45. The molecule has 2 rings (SSSR count). The normalized spacial score (nSPS) is 29.0. The first-order valence-electron chi connectivity index (χ1n) is 7.34. The summed E-state index contributed by atoms with van der Waals surface area (Å²) < 4.78 is 25.4. The third-order valence-electron chi connectivity index (χ3n) is 3.36. The smallest absolute Gasteiger partial charge is 0.267 e. The van der Waals surface area contributed by atoms with Gasteiger partial charge in [-0.05, 0) is 6.92 Å². The number of nitrogens with zero attached hydrogens (tertiary/aromatic N) is 1. The van der Waals surface area contributed by atoms with Gasteiger partial charge in [0.05, 0.1) is 26.4 Å². The molecule has 2 heterocycles. The minimum atomic E-state index is -1.46. The van der Waals surface area contributed by atoms with E-state index in [0.717, 1.165) is 0 Å². The number of rotatable bonds is 4. The SMILES string of the molecule is CC1(C)COP(N(P2OCC(C)(C)CO2)C(C)(Cl)C(Cl)Cl)OC1. The van der Waals surface area contributed by atoms with Crippen LogP contribution in [0.15, 0.2) is 0 Å². The largest absolute Gasteiger partial charge is 0.321 e. The van der Waals surface area contributed by atoms with Crippen molar-refractivity contribution in [1.29, 1.82) is 0 Å². The maximum absolute atomic E-state index is 6.62. The topological polar surface area (TPSA) is 40.2 Å². The van der Waals surface area contributed by atoms with Crippen molar-refractivity contribution < 1.29 is 18.1 Å². The first-order valence-corrected chi connectivity index (χ1v) is 10.8. The molecule has 0 spiro atoms. The lowest BCUT2D eigenvalue weighted by Gasteiger charge is -2.47. The Labute approximate surface area is 156 Å². The van der Waals surface area contributed by atoms with Crippen LogP contribution in [0.2, 0.25) is 0 Å². The van der Waals surface area contributed by atoms with Gasteiger partial charge >= 0.3 is 0 Å². The van der Waals surface area contributed by atoms with Crippen LogP contribution >= 0.6 is 51.9 Å². The highest BCUT2D eigenvalue weighted by Crippen LogP contribution is 2.67. The number of hydrogen-bond acceptors (Lipinski definition) is 5. The third kappa shape index (κ3) is 5.26. The molecule has 2 saturated heterocycles. The van der Waals surface area contributed by atoms with E-state index in [1.54, 1.807) is 11.4 Å². The van der Waals surface area contributed by atoms with Crippen molar-refractivity contribution >= 4 is 51.9 Å². The van der Waals surface area contributed by atoms with Crippen LogP contribution in [0.5, 0.6) is 0 Å². The van der Waals surface area contributed by atoms with Crippen LogP contribution in [0.25, 0.3) is 0 Å². The molecule has 0 bridgehead atoms. The molecule has 2 aliphatic rings. The van der Waals surface area contributed by atoms with E-state index in [1.807, 2.05) is 0 Å². The predicted octanol–water partition coefficient (Wildman–Crippen LogP) is 5.65. The van der Waals surface area contributed by atoms with Gasteiger partial charge < -0.3 is 18.1 Å². The molecule has 0 aromatic carbocycles. The summed E-state index contributed by atoms with van der Waals surface area (Å²) in [6, 6.07) is 0. The van der Waals surface area contributed by atoms with E-state index in [4.69, 9.17) is 52.9 Å². The fourth-order valence-electron chi connectivity index (χ4n) is 1.76. The third-order valence-corrected chi connectivity index (χ3v) is 8.78. The van der Waals surface area contributed by atoms with Crippen LogP contribution in [0.1, 0.15) is 34.6 Å². The molecule has 136 valence electrons. The highest BCUT2D eigenvalue weighted by molar-refractivity contribution is 7.60. The lowest BCUT2D eigenvalue weighted by molar-refractivity contribution is 0.0281. The summed E-state index contributed by atoms with van der Waals surface area (Å²) in [5, 5.41) is 0. The first kappa shape index (κ1) is 20.8. The Morgan fingerprint density at radius 2 is 1.17 bits per heavy atom.